The Morgan fingerprint density at radius 3 is 2.81 bits per heavy atom. The summed E-state index contributed by atoms with van der Waals surface area (Å²) in [6, 6.07) is 11.1. The van der Waals surface area contributed by atoms with E-state index in [1.54, 1.807) is 30.3 Å². The molecule has 0 heterocycles. The number of rotatable bonds is 5. The van der Waals surface area contributed by atoms with Crippen molar-refractivity contribution < 1.29 is 13.9 Å². The van der Waals surface area contributed by atoms with Gasteiger partial charge in [0.1, 0.15) is 11.6 Å². The van der Waals surface area contributed by atoms with Gasteiger partial charge < -0.3 is 15.8 Å². The molecule has 2 aromatic rings. The Morgan fingerprint density at radius 1 is 1.29 bits per heavy atom. The van der Waals surface area contributed by atoms with Gasteiger partial charge >= 0.3 is 0 Å². The van der Waals surface area contributed by atoms with Crippen molar-refractivity contribution in [2.24, 2.45) is 0 Å². The fourth-order valence-corrected chi connectivity index (χ4v) is 1.86. The molecule has 0 fully saturated rings. The summed E-state index contributed by atoms with van der Waals surface area (Å²) in [6.07, 6.45) is 0.181. The van der Waals surface area contributed by atoms with E-state index < -0.39 is 0 Å². The predicted octanol–water partition coefficient (Wildman–Crippen LogP) is 3.12. The number of hydrogen-bond donors (Lipinski definition) is 2. The van der Waals surface area contributed by atoms with Gasteiger partial charge in [-0.1, -0.05) is 6.07 Å². The van der Waals surface area contributed by atoms with Gasteiger partial charge in [-0.05, 0) is 42.8 Å². The number of carbonyl (C=O) groups is 1. The molecule has 0 aliphatic rings. The highest BCUT2D eigenvalue weighted by Gasteiger charge is 2.05. The number of aryl methyl sites for hydroxylation is 1. The van der Waals surface area contributed by atoms with Crippen LogP contribution in [0.1, 0.15) is 12.0 Å². The fraction of sp³-hybridized carbons (Fsp3) is 0.188. The summed E-state index contributed by atoms with van der Waals surface area (Å²) < 4.78 is 18.3. The maximum absolute atomic E-state index is 12.9. The van der Waals surface area contributed by atoms with Crippen LogP contribution >= 0.6 is 0 Å². The Morgan fingerprint density at radius 2 is 2.10 bits per heavy atom. The molecule has 4 nitrogen and oxygen atoms in total. The zero-order chi connectivity index (χ0) is 15.2. The maximum atomic E-state index is 12.9. The van der Waals surface area contributed by atoms with Crippen molar-refractivity contribution in [2.75, 3.05) is 17.7 Å². The van der Waals surface area contributed by atoms with Crippen LogP contribution in [0.3, 0.4) is 0 Å². The van der Waals surface area contributed by atoms with Gasteiger partial charge in [-0.25, -0.2) is 4.39 Å². The molecule has 0 aromatic heterocycles. The normalized spacial score (nSPS) is 10.2. The van der Waals surface area contributed by atoms with Gasteiger partial charge in [0.05, 0.1) is 13.0 Å². The molecule has 5 heteroatoms. The number of nitrogen functional groups attached to an aromatic ring is 1. The van der Waals surface area contributed by atoms with Crippen LogP contribution in [-0.4, -0.2) is 12.5 Å². The first-order valence-corrected chi connectivity index (χ1v) is 6.59. The van der Waals surface area contributed by atoms with Crippen molar-refractivity contribution >= 4 is 17.3 Å². The summed E-state index contributed by atoms with van der Waals surface area (Å²) >= 11 is 0. The van der Waals surface area contributed by atoms with Crippen LogP contribution in [0.15, 0.2) is 42.5 Å². The quantitative estimate of drug-likeness (QED) is 0.831. The number of halogens is 1. The van der Waals surface area contributed by atoms with Crippen molar-refractivity contribution in [3.63, 3.8) is 0 Å². The van der Waals surface area contributed by atoms with E-state index in [0.717, 1.165) is 11.3 Å². The lowest BCUT2D eigenvalue weighted by Crippen LogP contribution is -2.16. The third kappa shape index (κ3) is 4.49. The first-order valence-electron chi connectivity index (χ1n) is 6.59. The monoisotopic (exact) mass is 288 g/mol. The van der Waals surface area contributed by atoms with E-state index in [-0.39, 0.29) is 24.8 Å². The fourth-order valence-electron chi connectivity index (χ4n) is 1.86. The van der Waals surface area contributed by atoms with E-state index in [2.05, 4.69) is 5.32 Å². The Balaban J connectivity index is 1.82. The smallest absolute Gasteiger partial charge is 0.227 e. The molecule has 0 radical (unpaired) electrons. The minimum atomic E-state index is -0.366. The molecule has 0 aliphatic heterocycles. The molecule has 2 rings (SSSR count). The summed E-state index contributed by atoms with van der Waals surface area (Å²) in [7, 11) is 0. The van der Waals surface area contributed by atoms with E-state index in [4.69, 9.17) is 10.5 Å². The van der Waals surface area contributed by atoms with Crippen molar-refractivity contribution in [1.82, 2.24) is 0 Å². The Bertz CT molecular complexity index is 644. The van der Waals surface area contributed by atoms with Crippen LogP contribution in [0.25, 0.3) is 0 Å². The highest BCUT2D eigenvalue weighted by Crippen LogP contribution is 2.18. The number of ether oxygens (including phenoxy) is 1. The Kier molecular flexibility index (Phi) is 4.77. The second-order valence-electron chi connectivity index (χ2n) is 4.68. The molecule has 1 amide bonds. The standard InChI is InChI=1S/C16H17FN2O2/c1-11-9-13(18)5-6-15(11)19-16(20)7-8-21-14-4-2-3-12(17)10-14/h2-6,9-10H,7-8,18H2,1H3,(H,19,20). The van der Waals surface area contributed by atoms with E-state index in [1.165, 1.54) is 12.1 Å². The Hall–Kier alpha value is -2.56. The number of benzene rings is 2. The van der Waals surface area contributed by atoms with Crippen LogP contribution in [0.5, 0.6) is 5.75 Å². The molecule has 3 N–H and O–H groups in total. The van der Waals surface area contributed by atoms with E-state index in [9.17, 15) is 9.18 Å². The highest BCUT2D eigenvalue weighted by molar-refractivity contribution is 5.91. The first-order chi connectivity index (χ1) is 10.0. The molecule has 21 heavy (non-hydrogen) atoms. The van der Waals surface area contributed by atoms with Gasteiger partial charge in [0, 0.05) is 17.4 Å². The van der Waals surface area contributed by atoms with Crippen LogP contribution in [0.2, 0.25) is 0 Å². The first kappa shape index (κ1) is 14.8. The molecule has 0 atom stereocenters. The van der Waals surface area contributed by atoms with E-state index in [1.807, 2.05) is 6.92 Å². The number of anilines is 2. The topological polar surface area (TPSA) is 64.3 Å². The third-order valence-corrected chi connectivity index (χ3v) is 2.92. The van der Waals surface area contributed by atoms with Crippen LogP contribution < -0.4 is 15.8 Å². The lowest BCUT2D eigenvalue weighted by Gasteiger charge is -2.10. The van der Waals surface area contributed by atoms with E-state index in [0.29, 0.717) is 11.4 Å². The highest BCUT2D eigenvalue weighted by atomic mass is 19.1. The largest absolute Gasteiger partial charge is 0.493 e. The van der Waals surface area contributed by atoms with Gasteiger partial charge in [-0.15, -0.1) is 0 Å². The summed E-state index contributed by atoms with van der Waals surface area (Å²) in [5.74, 6) is -0.125. The second kappa shape index (κ2) is 6.74. The zero-order valence-electron chi connectivity index (χ0n) is 11.7. The van der Waals surface area contributed by atoms with Crippen LogP contribution in [-0.2, 0) is 4.79 Å². The molecular weight excluding hydrogens is 271 g/mol. The second-order valence-corrected chi connectivity index (χ2v) is 4.68. The number of amides is 1. The summed E-state index contributed by atoms with van der Waals surface area (Å²) in [5.41, 5.74) is 7.92. The molecule has 0 unspecified atom stereocenters. The molecular formula is C16H17FN2O2. The molecule has 2 aromatic carbocycles. The number of carbonyl (C=O) groups excluding carboxylic acids is 1. The van der Waals surface area contributed by atoms with Gasteiger partial charge in [0.25, 0.3) is 0 Å². The van der Waals surface area contributed by atoms with Crippen molar-refractivity contribution in [2.45, 2.75) is 13.3 Å². The molecule has 0 saturated carbocycles. The molecule has 110 valence electrons. The summed E-state index contributed by atoms with van der Waals surface area (Å²) in [5, 5.41) is 2.79. The third-order valence-electron chi connectivity index (χ3n) is 2.92. The zero-order valence-corrected chi connectivity index (χ0v) is 11.7. The van der Waals surface area contributed by atoms with Crippen LogP contribution in [0, 0.1) is 12.7 Å². The minimum absolute atomic E-state index is 0.167. The molecule has 0 spiro atoms. The molecule has 0 saturated heterocycles. The molecule has 0 bridgehead atoms. The van der Waals surface area contributed by atoms with Gasteiger partial charge in [0.2, 0.25) is 5.91 Å². The lowest BCUT2D eigenvalue weighted by molar-refractivity contribution is -0.116. The predicted molar refractivity (Wildman–Crippen MR) is 80.7 cm³/mol. The van der Waals surface area contributed by atoms with E-state index >= 15 is 0 Å². The molecule has 0 aliphatic carbocycles. The Labute approximate surface area is 122 Å². The minimum Gasteiger partial charge on any atom is -0.493 e. The number of nitrogens with two attached hydrogens (primary N) is 1. The number of hydrogen-bond acceptors (Lipinski definition) is 3. The van der Waals surface area contributed by atoms with Gasteiger partial charge in [-0.2, -0.15) is 0 Å². The summed E-state index contributed by atoms with van der Waals surface area (Å²) in [6.45, 7) is 2.05. The maximum Gasteiger partial charge on any atom is 0.227 e. The van der Waals surface area contributed by atoms with Crippen molar-refractivity contribution in [3.05, 3.63) is 53.8 Å². The lowest BCUT2D eigenvalue weighted by atomic mass is 10.2. The van der Waals surface area contributed by atoms with Crippen molar-refractivity contribution in [3.8, 4) is 5.75 Å². The van der Waals surface area contributed by atoms with Gasteiger partial charge in [-0.3, -0.25) is 4.79 Å². The van der Waals surface area contributed by atoms with Crippen LogP contribution in [0.4, 0.5) is 15.8 Å². The SMILES string of the molecule is Cc1cc(N)ccc1NC(=O)CCOc1cccc(F)c1. The summed E-state index contributed by atoms with van der Waals surface area (Å²) in [4.78, 5) is 11.8. The average Bonchev–Trinajstić information content (AvgIpc) is 2.42. The average molecular weight is 288 g/mol. The number of nitrogens with one attached hydrogen (secondary N) is 1. The van der Waals surface area contributed by atoms with Gasteiger partial charge in [0.15, 0.2) is 0 Å². The van der Waals surface area contributed by atoms with Crippen molar-refractivity contribution in [1.29, 1.82) is 0 Å².